The van der Waals surface area contributed by atoms with Crippen LogP contribution in [0.1, 0.15) is 0 Å². The average molecular weight is 472 g/mol. The van der Waals surface area contributed by atoms with Crippen molar-refractivity contribution in [1.29, 1.82) is 0 Å². The number of hydrogen-bond donors (Lipinski definition) is 0. The molecule has 0 spiro atoms. The summed E-state index contributed by atoms with van der Waals surface area (Å²) in [5, 5.41) is 5.02. The zero-order valence-corrected chi connectivity index (χ0v) is 20.0. The minimum absolute atomic E-state index is 0.594. The van der Waals surface area contributed by atoms with Crippen LogP contribution in [0.2, 0.25) is 0 Å². The number of benzene rings is 5. The Hall–Kier alpha value is -5.20. The summed E-state index contributed by atoms with van der Waals surface area (Å²) in [5.74, 6) is 0. The zero-order chi connectivity index (χ0) is 24.8. The first-order valence-electron chi connectivity index (χ1n) is 12.3. The molecule has 0 saturated heterocycles. The molecule has 0 aliphatic carbocycles. The quantitative estimate of drug-likeness (QED) is 0.235. The third kappa shape index (κ3) is 3.47. The second-order valence-corrected chi connectivity index (χ2v) is 9.18. The Balaban J connectivity index is 1.48. The second-order valence-electron chi connectivity index (χ2n) is 9.18. The summed E-state index contributed by atoms with van der Waals surface area (Å²) in [6.07, 6.45) is 1.70. The molecule has 2 heterocycles. The maximum Gasteiger partial charge on any atom is 0.190 e. The van der Waals surface area contributed by atoms with Crippen molar-refractivity contribution in [3.05, 3.63) is 139 Å². The van der Waals surface area contributed by atoms with E-state index in [-0.39, 0.29) is 0 Å². The summed E-state index contributed by atoms with van der Waals surface area (Å²) < 4.78 is 2.37. The van der Waals surface area contributed by atoms with Crippen LogP contribution in [0.5, 0.6) is 0 Å². The third-order valence-electron chi connectivity index (χ3n) is 7.03. The molecule has 37 heavy (non-hydrogen) atoms. The van der Waals surface area contributed by atoms with E-state index in [4.69, 9.17) is 6.57 Å². The molecular weight excluding hydrogens is 450 g/mol. The summed E-state index contributed by atoms with van der Waals surface area (Å²) in [4.78, 5) is 8.07. The molecule has 7 aromatic rings. The first-order chi connectivity index (χ1) is 18.3. The van der Waals surface area contributed by atoms with Crippen molar-refractivity contribution in [1.82, 2.24) is 9.55 Å². The number of para-hydroxylation sites is 1. The Morgan fingerprint density at radius 1 is 0.595 bits per heavy atom. The highest BCUT2D eigenvalue weighted by Gasteiger charge is 2.16. The van der Waals surface area contributed by atoms with E-state index in [1.165, 1.54) is 32.6 Å². The zero-order valence-electron chi connectivity index (χ0n) is 20.0. The molecule has 0 fully saturated rings. The molecule has 0 amide bonds. The standard InChI is InChI=1S/C34H21N3/c1-35-27-18-19-36-31(22-27)26-10-7-9-24(20-26)25-14-16-30-33(21-25)37(28-11-3-2-4-12-28)32-17-15-23-8-5-6-13-29(23)34(30)32/h2-22H. The summed E-state index contributed by atoms with van der Waals surface area (Å²) in [7, 11) is 0. The third-order valence-corrected chi connectivity index (χ3v) is 7.03. The lowest BCUT2D eigenvalue weighted by molar-refractivity contribution is 1.18. The Morgan fingerprint density at radius 3 is 2.30 bits per heavy atom. The van der Waals surface area contributed by atoms with Gasteiger partial charge in [-0.2, -0.15) is 0 Å². The van der Waals surface area contributed by atoms with Crippen LogP contribution in [0.15, 0.2) is 128 Å². The first-order valence-corrected chi connectivity index (χ1v) is 12.3. The van der Waals surface area contributed by atoms with Gasteiger partial charge in [0, 0.05) is 22.7 Å². The maximum absolute atomic E-state index is 7.34. The summed E-state index contributed by atoms with van der Waals surface area (Å²) in [6.45, 7) is 7.34. The lowest BCUT2D eigenvalue weighted by Crippen LogP contribution is -1.93. The highest BCUT2D eigenvalue weighted by molar-refractivity contribution is 6.21. The minimum Gasteiger partial charge on any atom is -0.309 e. The fourth-order valence-electron chi connectivity index (χ4n) is 5.33. The van der Waals surface area contributed by atoms with Crippen LogP contribution in [0.25, 0.3) is 65.5 Å². The molecule has 0 saturated carbocycles. The van der Waals surface area contributed by atoms with E-state index in [1.807, 2.05) is 12.1 Å². The normalized spacial score (nSPS) is 11.2. The molecule has 7 rings (SSSR count). The molecule has 0 aliphatic heterocycles. The number of hydrogen-bond acceptors (Lipinski definition) is 1. The number of aromatic nitrogens is 2. The number of nitrogens with zero attached hydrogens (tertiary/aromatic N) is 3. The molecule has 0 atom stereocenters. The van der Waals surface area contributed by atoms with Crippen LogP contribution in [0.3, 0.4) is 0 Å². The first kappa shape index (κ1) is 21.1. The van der Waals surface area contributed by atoms with Gasteiger partial charge in [-0.05, 0) is 69.9 Å². The highest BCUT2D eigenvalue weighted by Crippen LogP contribution is 2.39. The van der Waals surface area contributed by atoms with Crippen LogP contribution >= 0.6 is 0 Å². The van der Waals surface area contributed by atoms with Crippen molar-refractivity contribution in [3.8, 4) is 28.1 Å². The predicted molar refractivity (Wildman–Crippen MR) is 153 cm³/mol. The minimum atomic E-state index is 0.594. The molecule has 172 valence electrons. The highest BCUT2D eigenvalue weighted by atomic mass is 15.0. The van der Waals surface area contributed by atoms with Crippen molar-refractivity contribution in [2.45, 2.75) is 0 Å². The van der Waals surface area contributed by atoms with E-state index >= 15 is 0 Å². The van der Waals surface area contributed by atoms with Gasteiger partial charge in [-0.3, -0.25) is 4.98 Å². The Morgan fingerprint density at radius 2 is 1.41 bits per heavy atom. The van der Waals surface area contributed by atoms with E-state index in [0.717, 1.165) is 28.1 Å². The van der Waals surface area contributed by atoms with Crippen LogP contribution in [0.4, 0.5) is 5.69 Å². The Kier molecular flexibility index (Phi) is 4.84. The van der Waals surface area contributed by atoms with E-state index in [1.54, 1.807) is 12.3 Å². The van der Waals surface area contributed by atoms with Crippen LogP contribution < -0.4 is 0 Å². The van der Waals surface area contributed by atoms with Gasteiger partial charge in [0.05, 0.1) is 23.3 Å². The van der Waals surface area contributed by atoms with E-state index in [9.17, 15) is 0 Å². The average Bonchev–Trinajstić information content (AvgIpc) is 3.32. The fourth-order valence-corrected chi connectivity index (χ4v) is 5.33. The molecule has 3 heteroatoms. The van der Waals surface area contributed by atoms with E-state index < -0.39 is 0 Å². The lowest BCUT2D eigenvalue weighted by Gasteiger charge is -2.10. The molecule has 0 aliphatic rings. The van der Waals surface area contributed by atoms with Crippen molar-refractivity contribution < 1.29 is 0 Å². The van der Waals surface area contributed by atoms with Crippen molar-refractivity contribution >= 4 is 38.3 Å². The van der Waals surface area contributed by atoms with Crippen LogP contribution in [-0.2, 0) is 0 Å². The molecule has 0 radical (unpaired) electrons. The monoisotopic (exact) mass is 471 g/mol. The number of fused-ring (bicyclic) bond motifs is 5. The summed E-state index contributed by atoms with van der Waals surface area (Å²) in [5.41, 5.74) is 8.17. The molecule has 5 aromatic carbocycles. The van der Waals surface area contributed by atoms with Crippen LogP contribution in [0, 0.1) is 6.57 Å². The van der Waals surface area contributed by atoms with Gasteiger partial charge in [-0.1, -0.05) is 78.9 Å². The van der Waals surface area contributed by atoms with E-state index in [0.29, 0.717) is 5.69 Å². The molecule has 0 N–H and O–H groups in total. The van der Waals surface area contributed by atoms with Crippen molar-refractivity contribution in [2.75, 3.05) is 0 Å². The van der Waals surface area contributed by atoms with Gasteiger partial charge < -0.3 is 4.57 Å². The van der Waals surface area contributed by atoms with Gasteiger partial charge >= 0.3 is 0 Å². The second kappa shape index (κ2) is 8.48. The smallest absolute Gasteiger partial charge is 0.190 e. The SMILES string of the molecule is [C-]#[N+]c1ccnc(-c2cccc(-c3ccc4c5c6ccccc6ccc5n(-c5ccccc5)c4c3)c2)c1. The maximum atomic E-state index is 7.34. The Labute approximate surface area is 214 Å². The largest absolute Gasteiger partial charge is 0.309 e. The van der Waals surface area contributed by atoms with E-state index in [2.05, 4.69) is 118 Å². The molecule has 0 bridgehead atoms. The van der Waals surface area contributed by atoms with Gasteiger partial charge in [0.2, 0.25) is 0 Å². The van der Waals surface area contributed by atoms with Gasteiger partial charge in [-0.25, -0.2) is 4.85 Å². The lowest BCUT2D eigenvalue weighted by atomic mass is 9.99. The molecule has 0 unspecified atom stereocenters. The van der Waals surface area contributed by atoms with Gasteiger partial charge in [0.15, 0.2) is 5.69 Å². The Bertz CT molecular complexity index is 1990. The predicted octanol–water partition coefficient (Wildman–Crippen LogP) is 9.22. The molecule has 3 nitrogen and oxygen atoms in total. The summed E-state index contributed by atoms with van der Waals surface area (Å²) in [6, 6.07) is 42.3. The van der Waals surface area contributed by atoms with Crippen LogP contribution in [-0.4, -0.2) is 9.55 Å². The topological polar surface area (TPSA) is 22.2 Å². The van der Waals surface area contributed by atoms with Crippen molar-refractivity contribution in [2.24, 2.45) is 0 Å². The van der Waals surface area contributed by atoms with Gasteiger partial charge in [-0.15, -0.1) is 0 Å². The molecule has 2 aromatic heterocycles. The van der Waals surface area contributed by atoms with Gasteiger partial charge in [0.25, 0.3) is 0 Å². The molecular formula is C34H21N3. The fraction of sp³-hybridized carbons (Fsp3) is 0. The summed E-state index contributed by atoms with van der Waals surface area (Å²) >= 11 is 0. The van der Waals surface area contributed by atoms with Gasteiger partial charge in [0.1, 0.15) is 0 Å². The van der Waals surface area contributed by atoms with Crippen molar-refractivity contribution in [3.63, 3.8) is 0 Å². The number of rotatable bonds is 3. The number of pyridine rings is 1.